The molecule has 0 radical (unpaired) electrons. The van der Waals surface area contributed by atoms with Crippen LogP contribution in [0.4, 0.5) is 0 Å². The van der Waals surface area contributed by atoms with Gasteiger partial charge in [0.1, 0.15) is 5.65 Å². The number of fused-ring (bicyclic) bond motifs is 1. The average Bonchev–Trinajstić information content (AvgIpc) is 2.85. The minimum Gasteiger partial charge on any atom is -0.303 e. The Morgan fingerprint density at radius 3 is 2.89 bits per heavy atom. The predicted molar refractivity (Wildman–Crippen MR) is 78.1 cm³/mol. The molecule has 0 saturated carbocycles. The summed E-state index contributed by atoms with van der Waals surface area (Å²) in [5, 5.41) is 0. The third kappa shape index (κ3) is 2.81. The van der Waals surface area contributed by atoms with E-state index in [9.17, 15) is 0 Å². The molecule has 3 heterocycles. The van der Waals surface area contributed by atoms with Gasteiger partial charge in [0.05, 0.1) is 11.9 Å². The molecule has 0 aromatic carbocycles. The molecule has 0 amide bonds. The number of aromatic nitrogens is 2. The molecule has 3 nitrogen and oxygen atoms in total. The lowest BCUT2D eigenvalue weighted by atomic mass is 9.92. The highest BCUT2D eigenvalue weighted by Crippen LogP contribution is 2.22. The van der Waals surface area contributed by atoms with E-state index < -0.39 is 0 Å². The molecule has 2 aromatic rings. The molecule has 102 valence electrons. The lowest BCUT2D eigenvalue weighted by Gasteiger charge is -2.31. The van der Waals surface area contributed by atoms with Gasteiger partial charge in [-0.1, -0.05) is 25.8 Å². The van der Waals surface area contributed by atoms with Gasteiger partial charge in [0.15, 0.2) is 0 Å². The second-order valence-electron chi connectivity index (χ2n) is 5.69. The molecule has 2 aromatic heterocycles. The van der Waals surface area contributed by atoms with Crippen LogP contribution in [0.3, 0.4) is 0 Å². The number of nitrogens with zero attached hydrogens (tertiary/aromatic N) is 3. The predicted octanol–water partition coefficient (Wildman–Crippen LogP) is 3.35. The van der Waals surface area contributed by atoms with Crippen LogP contribution in [0.15, 0.2) is 30.6 Å². The topological polar surface area (TPSA) is 20.5 Å². The number of imidazole rings is 1. The molecule has 0 aliphatic carbocycles. The van der Waals surface area contributed by atoms with Gasteiger partial charge < -0.3 is 4.40 Å². The Morgan fingerprint density at radius 1 is 1.26 bits per heavy atom. The number of piperidine rings is 1. The van der Waals surface area contributed by atoms with Gasteiger partial charge in [0.2, 0.25) is 0 Å². The van der Waals surface area contributed by atoms with Crippen molar-refractivity contribution in [2.75, 3.05) is 13.1 Å². The fourth-order valence-corrected chi connectivity index (χ4v) is 3.17. The van der Waals surface area contributed by atoms with E-state index in [1.807, 2.05) is 12.3 Å². The quantitative estimate of drug-likeness (QED) is 0.837. The van der Waals surface area contributed by atoms with E-state index in [1.54, 1.807) is 0 Å². The fourth-order valence-electron chi connectivity index (χ4n) is 3.17. The van der Waals surface area contributed by atoms with E-state index in [-0.39, 0.29) is 0 Å². The first kappa shape index (κ1) is 12.7. The van der Waals surface area contributed by atoms with Crippen LogP contribution in [0.25, 0.3) is 5.65 Å². The first-order valence-electron chi connectivity index (χ1n) is 7.50. The maximum absolute atomic E-state index is 4.46. The molecule has 0 atom stereocenters. The number of rotatable bonds is 4. The van der Waals surface area contributed by atoms with Gasteiger partial charge in [-0.2, -0.15) is 0 Å². The Hall–Kier alpha value is -1.35. The Labute approximate surface area is 115 Å². The zero-order valence-electron chi connectivity index (χ0n) is 11.8. The highest BCUT2D eigenvalue weighted by molar-refractivity contribution is 5.39. The maximum Gasteiger partial charge on any atom is 0.136 e. The normalized spacial score (nSPS) is 18.2. The minimum absolute atomic E-state index is 0.962. The van der Waals surface area contributed by atoms with Crippen LogP contribution in [0.1, 0.15) is 38.3 Å². The van der Waals surface area contributed by atoms with Crippen molar-refractivity contribution in [3.63, 3.8) is 0 Å². The van der Waals surface area contributed by atoms with Crippen molar-refractivity contribution in [2.24, 2.45) is 5.92 Å². The smallest absolute Gasteiger partial charge is 0.136 e. The number of likely N-dealkylation sites (tertiary alicyclic amines) is 1. The van der Waals surface area contributed by atoms with Crippen molar-refractivity contribution in [1.29, 1.82) is 0 Å². The maximum atomic E-state index is 4.46. The Morgan fingerprint density at radius 2 is 2.11 bits per heavy atom. The summed E-state index contributed by atoms with van der Waals surface area (Å²) >= 11 is 0. The number of hydrogen-bond acceptors (Lipinski definition) is 2. The molecule has 0 N–H and O–H groups in total. The van der Waals surface area contributed by atoms with Crippen LogP contribution in [0.5, 0.6) is 0 Å². The Bertz CT molecular complexity index is 524. The van der Waals surface area contributed by atoms with E-state index in [4.69, 9.17) is 0 Å². The van der Waals surface area contributed by atoms with Crippen LogP contribution >= 0.6 is 0 Å². The van der Waals surface area contributed by atoms with Crippen molar-refractivity contribution in [3.8, 4) is 0 Å². The van der Waals surface area contributed by atoms with Crippen molar-refractivity contribution < 1.29 is 0 Å². The molecule has 0 spiro atoms. The second kappa shape index (κ2) is 5.74. The molecule has 19 heavy (non-hydrogen) atoms. The number of hydrogen-bond donors (Lipinski definition) is 0. The molecule has 1 aliphatic rings. The lowest BCUT2D eigenvalue weighted by molar-refractivity contribution is 0.170. The summed E-state index contributed by atoms with van der Waals surface area (Å²) in [6, 6.07) is 6.19. The monoisotopic (exact) mass is 257 g/mol. The van der Waals surface area contributed by atoms with Crippen LogP contribution in [0.2, 0.25) is 0 Å². The third-order valence-corrected chi connectivity index (χ3v) is 4.28. The van der Waals surface area contributed by atoms with Crippen LogP contribution in [0, 0.1) is 5.92 Å². The highest BCUT2D eigenvalue weighted by atomic mass is 15.2. The first-order chi connectivity index (χ1) is 9.36. The van der Waals surface area contributed by atoms with Crippen LogP contribution in [-0.2, 0) is 6.54 Å². The van der Waals surface area contributed by atoms with E-state index in [0.29, 0.717) is 0 Å². The minimum atomic E-state index is 0.962. The lowest BCUT2D eigenvalue weighted by Crippen LogP contribution is -2.33. The van der Waals surface area contributed by atoms with Crippen LogP contribution in [-0.4, -0.2) is 27.4 Å². The van der Waals surface area contributed by atoms with E-state index in [0.717, 1.165) is 18.1 Å². The second-order valence-corrected chi connectivity index (χ2v) is 5.69. The summed E-state index contributed by atoms with van der Waals surface area (Å²) in [4.78, 5) is 7.04. The van der Waals surface area contributed by atoms with Crippen molar-refractivity contribution in [2.45, 2.75) is 39.2 Å². The molecule has 1 aliphatic heterocycles. The van der Waals surface area contributed by atoms with E-state index in [2.05, 4.69) is 39.5 Å². The SMILES string of the molecule is CCCC1CCN(Cc2cnc3ccccn23)CC1. The summed E-state index contributed by atoms with van der Waals surface area (Å²) in [6.45, 7) is 5.81. The van der Waals surface area contributed by atoms with Crippen molar-refractivity contribution in [3.05, 3.63) is 36.3 Å². The van der Waals surface area contributed by atoms with E-state index in [1.165, 1.54) is 44.5 Å². The molecule has 3 heteroatoms. The molecule has 0 bridgehead atoms. The molecule has 1 saturated heterocycles. The highest BCUT2D eigenvalue weighted by Gasteiger charge is 2.19. The summed E-state index contributed by atoms with van der Waals surface area (Å²) in [6.07, 6.45) is 9.60. The molecular weight excluding hydrogens is 234 g/mol. The molecular formula is C16H23N3. The third-order valence-electron chi connectivity index (χ3n) is 4.28. The first-order valence-corrected chi connectivity index (χ1v) is 7.50. The van der Waals surface area contributed by atoms with Crippen molar-refractivity contribution in [1.82, 2.24) is 14.3 Å². The largest absolute Gasteiger partial charge is 0.303 e. The summed E-state index contributed by atoms with van der Waals surface area (Å²) < 4.78 is 2.21. The fraction of sp³-hybridized carbons (Fsp3) is 0.562. The zero-order chi connectivity index (χ0) is 13.1. The molecule has 1 fully saturated rings. The zero-order valence-corrected chi connectivity index (χ0v) is 11.8. The van der Waals surface area contributed by atoms with Crippen molar-refractivity contribution >= 4 is 5.65 Å². The summed E-state index contributed by atoms with van der Waals surface area (Å²) in [5.74, 6) is 0.962. The van der Waals surface area contributed by atoms with Gasteiger partial charge in [-0.15, -0.1) is 0 Å². The van der Waals surface area contributed by atoms with Gasteiger partial charge in [0, 0.05) is 12.7 Å². The van der Waals surface area contributed by atoms with Crippen LogP contribution < -0.4 is 0 Å². The molecule has 3 rings (SSSR count). The van der Waals surface area contributed by atoms with Gasteiger partial charge in [-0.3, -0.25) is 4.90 Å². The van der Waals surface area contributed by atoms with Gasteiger partial charge in [-0.05, 0) is 44.0 Å². The Kier molecular flexibility index (Phi) is 3.83. The molecule has 0 unspecified atom stereocenters. The number of pyridine rings is 1. The summed E-state index contributed by atoms with van der Waals surface area (Å²) in [5.41, 5.74) is 2.36. The Balaban J connectivity index is 1.63. The van der Waals surface area contributed by atoms with Gasteiger partial charge in [-0.25, -0.2) is 4.98 Å². The van der Waals surface area contributed by atoms with E-state index >= 15 is 0 Å². The summed E-state index contributed by atoms with van der Waals surface area (Å²) in [7, 11) is 0. The van der Waals surface area contributed by atoms with Gasteiger partial charge >= 0.3 is 0 Å². The average molecular weight is 257 g/mol. The van der Waals surface area contributed by atoms with Gasteiger partial charge in [0.25, 0.3) is 0 Å². The standard InChI is InChI=1S/C16H23N3/c1-2-5-14-7-10-18(11-8-14)13-15-12-17-16-6-3-4-9-19(15)16/h3-4,6,9,12,14H,2,5,7-8,10-11,13H2,1H3.